The third-order valence-corrected chi connectivity index (χ3v) is 2.31. The minimum atomic E-state index is -0.587. The summed E-state index contributed by atoms with van der Waals surface area (Å²) in [5.74, 6) is -0.847. The standard InChI is InChI=1S/C13H11FN2O2/c14-11-2-1-3-12(16-11)18-8-9-4-6-10(7-5-9)13(15)17/h1-7H,8H2,(H2,15,17). The van der Waals surface area contributed by atoms with Crippen molar-refractivity contribution in [1.29, 1.82) is 0 Å². The third-order valence-electron chi connectivity index (χ3n) is 2.31. The maximum Gasteiger partial charge on any atom is 0.248 e. The molecule has 18 heavy (non-hydrogen) atoms. The van der Waals surface area contributed by atoms with E-state index in [1.165, 1.54) is 12.1 Å². The van der Waals surface area contributed by atoms with Crippen LogP contribution >= 0.6 is 0 Å². The van der Waals surface area contributed by atoms with Gasteiger partial charge in [-0.3, -0.25) is 4.79 Å². The van der Waals surface area contributed by atoms with Gasteiger partial charge < -0.3 is 10.5 Å². The number of ether oxygens (including phenoxy) is 1. The number of halogens is 1. The number of nitrogens with two attached hydrogens (primary N) is 1. The Morgan fingerprint density at radius 3 is 2.56 bits per heavy atom. The van der Waals surface area contributed by atoms with Gasteiger partial charge in [0.05, 0.1) is 0 Å². The van der Waals surface area contributed by atoms with E-state index in [4.69, 9.17) is 10.5 Å². The molecule has 0 aliphatic rings. The summed E-state index contributed by atoms with van der Waals surface area (Å²) in [7, 11) is 0. The summed E-state index contributed by atoms with van der Waals surface area (Å²) in [6.07, 6.45) is 0. The van der Waals surface area contributed by atoms with Crippen LogP contribution in [0.1, 0.15) is 15.9 Å². The van der Waals surface area contributed by atoms with Gasteiger partial charge in [-0.1, -0.05) is 18.2 Å². The molecule has 0 aliphatic heterocycles. The quantitative estimate of drug-likeness (QED) is 0.838. The number of hydrogen-bond donors (Lipinski definition) is 1. The van der Waals surface area contributed by atoms with Crippen molar-refractivity contribution in [2.75, 3.05) is 0 Å². The molecule has 2 aromatic rings. The Hall–Kier alpha value is -2.43. The summed E-state index contributed by atoms with van der Waals surface area (Å²) in [5, 5.41) is 0. The summed E-state index contributed by atoms with van der Waals surface area (Å²) >= 11 is 0. The molecule has 5 heteroatoms. The zero-order valence-electron chi connectivity index (χ0n) is 9.47. The highest BCUT2D eigenvalue weighted by Gasteiger charge is 2.01. The molecule has 0 saturated carbocycles. The fraction of sp³-hybridized carbons (Fsp3) is 0.0769. The maximum atomic E-state index is 12.8. The predicted molar refractivity (Wildman–Crippen MR) is 63.5 cm³/mol. The molecule has 4 nitrogen and oxygen atoms in total. The average Bonchev–Trinajstić information content (AvgIpc) is 2.37. The van der Waals surface area contributed by atoms with Gasteiger partial charge in [0.15, 0.2) is 0 Å². The summed E-state index contributed by atoms with van der Waals surface area (Å²) < 4.78 is 18.1. The Labute approximate surface area is 103 Å². The van der Waals surface area contributed by atoms with Crippen LogP contribution in [0.4, 0.5) is 4.39 Å². The summed E-state index contributed by atoms with van der Waals surface area (Å²) in [5.41, 5.74) is 6.40. The largest absolute Gasteiger partial charge is 0.473 e. The fourth-order valence-corrected chi connectivity index (χ4v) is 1.39. The summed E-state index contributed by atoms with van der Waals surface area (Å²) in [4.78, 5) is 14.4. The SMILES string of the molecule is NC(=O)c1ccc(COc2cccc(F)n2)cc1. The molecule has 92 valence electrons. The van der Waals surface area contributed by atoms with Crippen LogP contribution in [0.5, 0.6) is 5.88 Å². The number of carbonyl (C=O) groups excluding carboxylic acids is 1. The number of amides is 1. The van der Waals surface area contributed by atoms with Crippen LogP contribution in [-0.2, 0) is 6.61 Å². The second-order valence-corrected chi connectivity index (χ2v) is 3.65. The molecular formula is C13H11FN2O2. The highest BCUT2D eigenvalue weighted by Crippen LogP contribution is 2.10. The van der Waals surface area contributed by atoms with Crippen LogP contribution in [0.2, 0.25) is 0 Å². The molecule has 0 radical (unpaired) electrons. The second-order valence-electron chi connectivity index (χ2n) is 3.65. The number of aromatic nitrogens is 1. The van der Waals surface area contributed by atoms with Gasteiger partial charge in [0, 0.05) is 11.6 Å². The van der Waals surface area contributed by atoms with Crippen LogP contribution in [0, 0.1) is 5.95 Å². The molecule has 0 saturated heterocycles. The van der Waals surface area contributed by atoms with Crippen molar-refractivity contribution in [3.8, 4) is 5.88 Å². The lowest BCUT2D eigenvalue weighted by Gasteiger charge is -2.05. The van der Waals surface area contributed by atoms with Crippen LogP contribution in [0.3, 0.4) is 0 Å². The molecule has 1 heterocycles. The van der Waals surface area contributed by atoms with Gasteiger partial charge in [0.25, 0.3) is 0 Å². The zero-order chi connectivity index (χ0) is 13.0. The average molecular weight is 246 g/mol. The molecule has 0 atom stereocenters. The lowest BCUT2D eigenvalue weighted by molar-refractivity contribution is 0.1000. The molecule has 0 unspecified atom stereocenters. The summed E-state index contributed by atoms with van der Waals surface area (Å²) in [6, 6.07) is 11.0. The Morgan fingerprint density at radius 2 is 1.94 bits per heavy atom. The van der Waals surface area contributed by atoms with E-state index in [0.29, 0.717) is 5.56 Å². The first-order valence-electron chi connectivity index (χ1n) is 5.29. The molecule has 1 aromatic carbocycles. The molecule has 0 aliphatic carbocycles. The zero-order valence-corrected chi connectivity index (χ0v) is 9.47. The normalized spacial score (nSPS) is 10.1. The van der Waals surface area contributed by atoms with Gasteiger partial charge in [0.1, 0.15) is 6.61 Å². The molecule has 0 bridgehead atoms. The number of hydrogen-bond acceptors (Lipinski definition) is 3. The smallest absolute Gasteiger partial charge is 0.248 e. The molecule has 0 fully saturated rings. The Morgan fingerprint density at radius 1 is 1.22 bits per heavy atom. The number of primary amides is 1. The van der Waals surface area contributed by atoms with Gasteiger partial charge >= 0.3 is 0 Å². The van der Waals surface area contributed by atoms with Crippen molar-refractivity contribution >= 4 is 5.91 Å². The summed E-state index contributed by atoms with van der Waals surface area (Å²) in [6.45, 7) is 0.246. The highest BCUT2D eigenvalue weighted by molar-refractivity contribution is 5.92. The van der Waals surface area contributed by atoms with Gasteiger partial charge in [-0.15, -0.1) is 0 Å². The molecule has 2 rings (SSSR count). The number of benzene rings is 1. The van der Waals surface area contributed by atoms with E-state index in [9.17, 15) is 9.18 Å². The number of rotatable bonds is 4. The molecule has 1 aromatic heterocycles. The minimum Gasteiger partial charge on any atom is -0.473 e. The van der Waals surface area contributed by atoms with E-state index in [1.54, 1.807) is 30.3 Å². The van der Waals surface area contributed by atoms with Crippen LogP contribution in [0.15, 0.2) is 42.5 Å². The topological polar surface area (TPSA) is 65.2 Å². The lowest BCUT2D eigenvalue weighted by atomic mass is 10.1. The van der Waals surface area contributed by atoms with E-state index in [1.807, 2.05) is 0 Å². The van der Waals surface area contributed by atoms with E-state index in [2.05, 4.69) is 4.98 Å². The highest BCUT2D eigenvalue weighted by atomic mass is 19.1. The molecule has 2 N–H and O–H groups in total. The van der Waals surface area contributed by atoms with Crippen LogP contribution in [-0.4, -0.2) is 10.9 Å². The Bertz CT molecular complexity index is 555. The van der Waals surface area contributed by atoms with Crippen molar-refractivity contribution in [2.24, 2.45) is 5.73 Å². The van der Waals surface area contributed by atoms with E-state index < -0.39 is 11.9 Å². The minimum absolute atomic E-state index is 0.217. The third kappa shape index (κ3) is 3.04. The van der Waals surface area contributed by atoms with Crippen LogP contribution < -0.4 is 10.5 Å². The van der Waals surface area contributed by atoms with Gasteiger partial charge in [0.2, 0.25) is 17.7 Å². The van der Waals surface area contributed by atoms with E-state index in [-0.39, 0.29) is 12.5 Å². The molecular weight excluding hydrogens is 235 g/mol. The maximum absolute atomic E-state index is 12.8. The Balaban J connectivity index is 2.00. The van der Waals surface area contributed by atoms with E-state index in [0.717, 1.165) is 5.56 Å². The predicted octanol–water partition coefficient (Wildman–Crippen LogP) is 1.90. The fourth-order valence-electron chi connectivity index (χ4n) is 1.39. The molecule has 0 spiro atoms. The first kappa shape index (κ1) is 12.0. The van der Waals surface area contributed by atoms with Gasteiger partial charge in [-0.2, -0.15) is 9.37 Å². The first-order valence-corrected chi connectivity index (χ1v) is 5.29. The second kappa shape index (κ2) is 5.27. The first-order chi connectivity index (χ1) is 8.65. The van der Waals surface area contributed by atoms with Gasteiger partial charge in [-0.25, -0.2) is 0 Å². The van der Waals surface area contributed by atoms with Crippen molar-refractivity contribution in [3.63, 3.8) is 0 Å². The number of nitrogens with zero attached hydrogens (tertiary/aromatic N) is 1. The van der Waals surface area contributed by atoms with Crippen molar-refractivity contribution in [1.82, 2.24) is 4.98 Å². The lowest BCUT2D eigenvalue weighted by Crippen LogP contribution is -2.10. The monoisotopic (exact) mass is 246 g/mol. The van der Waals surface area contributed by atoms with E-state index >= 15 is 0 Å². The number of carbonyl (C=O) groups is 1. The molecule has 1 amide bonds. The van der Waals surface area contributed by atoms with Crippen molar-refractivity contribution in [3.05, 3.63) is 59.5 Å². The van der Waals surface area contributed by atoms with Crippen LogP contribution in [0.25, 0.3) is 0 Å². The van der Waals surface area contributed by atoms with Gasteiger partial charge in [-0.05, 0) is 23.8 Å². The number of pyridine rings is 1. The van der Waals surface area contributed by atoms with Crippen molar-refractivity contribution < 1.29 is 13.9 Å². The Kier molecular flexibility index (Phi) is 3.52. The van der Waals surface area contributed by atoms with Crippen molar-refractivity contribution in [2.45, 2.75) is 6.61 Å².